The summed E-state index contributed by atoms with van der Waals surface area (Å²) in [5.74, 6) is 0.230. The van der Waals surface area contributed by atoms with Crippen LogP contribution in [0.3, 0.4) is 0 Å². The van der Waals surface area contributed by atoms with Gasteiger partial charge < -0.3 is 11.1 Å². The van der Waals surface area contributed by atoms with Gasteiger partial charge in [-0.3, -0.25) is 9.36 Å². The molecule has 1 aliphatic rings. The fourth-order valence-corrected chi connectivity index (χ4v) is 3.84. The first-order valence-corrected chi connectivity index (χ1v) is 8.94. The van der Waals surface area contributed by atoms with Crippen LogP contribution in [0.1, 0.15) is 34.5 Å². The number of carbonyl (C=O) groups excluding carboxylic acids is 1. The zero-order valence-electron chi connectivity index (χ0n) is 15.1. The molecule has 0 unspecified atom stereocenters. The van der Waals surface area contributed by atoms with Crippen molar-refractivity contribution in [2.75, 3.05) is 12.3 Å². The number of hydrogen-bond donors (Lipinski definition) is 2. The third-order valence-electron chi connectivity index (χ3n) is 5.06. The summed E-state index contributed by atoms with van der Waals surface area (Å²) >= 11 is 0. The molecule has 3 aromatic rings. The molecule has 0 spiro atoms. The average Bonchev–Trinajstić information content (AvgIpc) is 2.95. The smallest absolute Gasteiger partial charge is 0.231 e. The van der Waals surface area contributed by atoms with Crippen molar-refractivity contribution in [3.8, 4) is 0 Å². The Morgan fingerprint density at radius 1 is 1.00 bits per heavy atom. The standard InChI is InChI=1S/C21H23N3O.2ClH/c22-18-8-3-1-6-15(18)14-23-13-12-17-16-7-2-4-9-19(16)24-20(17)10-5-11-21(24)25;;/h1-4,6-9,23H,5,10-14,22H2;2*1H. The molecule has 0 saturated heterocycles. The van der Waals surface area contributed by atoms with Gasteiger partial charge in [0.1, 0.15) is 0 Å². The van der Waals surface area contributed by atoms with Crippen molar-refractivity contribution >= 4 is 47.3 Å². The van der Waals surface area contributed by atoms with Crippen LogP contribution in [0.25, 0.3) is 10.9 Å². The number of benzene rings is 2. The monoisotopic (exact) mass is 405 g/mol. The number of nitrogens with one attached hydrogen (secondary N) is 1. The Balaban J connectivity index is 0.00000131. The van der Waals surface area contributed by atoms with Gasteiger partial charge in [0.15, 0.2) is 0 Å². The molecule has 2 heterocycles. The van der Waals surface area contributed by atoms with Gasteiger partial charge in [-0.25, -0.2) is 0 Å². The molecule has 0 saturated carbocycles. The first-order valence-electron chi connectivity index (χ1n) is 8.94. The number of anilines is 1. The van der Waals surface area contributed by atoms with E-state index in [-0.39, 0.29) is 30.7 Å². The summed E-state index contributed by atoms with van der Waals surface area (Å²) in [6.45, 7) is 1.63. The minimum atomic E-state index is 0. The number of aromatic nitrogens is 1. The van der Waals surface area contributed by atoms with Crippen LogP contribution in [0.4, 0.5) is 5.69 Å². The van der Waals surface area contributed by atoms with Gasteiger partial charge in [-0.2, -0.15) is 0 Å². The number of halogens is 2. The van der Waals surface area contributed by atoms with Crippen LogP contribution in [0.5, 0.6) is 0 Å². The summed E-state index contributed by atoms with van der Waals surface area (Å²) in [5.41, 5.74) is 11.5. The molecule has 3 N–H and O–H groups in total. The van der Waals surface area contributed by atoms with Crippen molar-refractivity contribution in [2.24, 2.45) is 0 Å². The maximum Gasteiger partial charge on any atom is 0.231 e. The molecule has 0 atom stereocenters. The van der Waals surface area contributed by atoms with Crippen molar-refractivity contribution in [3.05, 3.63) is 65.4 Å². The van der Waals surface area contributed by atoms with Crippen molar-refractivity contribution in [1.29, 1.82) is 0 Å². The quantitative estimate of drug-likeness (QED) is 0.489. The zero-order chi connectivity index (χ0) is 17.2. The molecule has 1 aliphatic heterocycles. The molecule has 0 aliphatic carbocycles. The first-order chi connectivity index (χ1) is 12.3. The van der Waals surface area contributed by atoms with E-state index < -0.39 is 0 Å². The molecule has 2 aromatic carbocycles. The van der Waals surface area contributed by atoms with Crippen LogP contribution in [-0.2, 0) is 19.4 Å². The first kappa shape index (κ1) is 21.3. The van der Waals surface area contributed by atoms with Crippen molar-refractivity contribution in [1.82, 2.24) is 9.88 Å². The summed E-state index contributed by atoms with van der Waals surface area (Å²) in [6.07, 6.45) is 3.51. The Morgan fingerprint density at radius 2 is 1.74 bits per heavy atom. The van der Waals surface area contributed by atoms with Crippen LogP contribution >= 0.6 is 24.8 Å². The fourth-order valence-electron chi connectivity index (χ4n) is 3.84. The second kappa shape index (κ2) is 9.27. The zero-order valence-corrected chi connectivity index (χ0v) is 16.7. The second-order valence-electron chi connectivity index (χ2n) is 6.65. The van der Waals surface area contributed by atoms with Gasteiger partial charge >= 0.3 is 0 Å². The molecule has 0 bridgehead atoms. The maximum absolute atomic E-state index is 12.4. The molecule has 0 radical (unpaired) electrons. The lowest BCUT2D eigenvalue weighted by molar-refractivity contribution is 0.0889. The third kappa shape index (κ3) is 4.13. The number of para-hydroxylation sites is 2. The van der Waals surface area contributed by atoms with Crippen LogP contribution < -0.4 is 11.1 Å². The van der Waals surface area contributed by atoms with Gasteiger partial charge in [0, 0.05) is 29.7 Å². The fraction of sp³-hybridized carbons (Fsp3) is 0.286. The Kier molecular flexibility index (Phi) is 7.31. The highest BCUT2D eigenvalue weighted by Gasteiger charge is 2.23. The number of nitrogens with zero attached hydrogens (tertiary/aromatic N) is 1. The summed E-state index contributed by atoms with van der Waals surface area (Å²) in [6, 6.07) is 16.2. The van der Waals surface area contributed by atoms with Gasteiger partial charge in [-0.1, -0.05) is 36.4 Å². The molecular weight excluding hydrogens is 381 g/mol. The SMILES string of the molecule is Cl.Cl.Nc1ccccc1CNCCc1c2n(c3ccccc13)C(=O)CCC2. The van der Waals surface area contributed by atoms with E-state index in [1.807, 2.05) is 28.8 Å². The van der Waals surface area contributed by atoms with Crippen LogP contribution in [0.2, 0.25) is 0 Å². The lowest BCUT2D eigenvalue weighted by Gasteiger charge is -2.16. The van der Waals surface area contributed by atoms with Gasteiger partial charge in [0.05, 0.1) is 5.52 Å². The highest BCUT2D eigenvalue weighted by molar-refractivity contribution is 5.96. The highest BCUT2D eigenvalue weighted by Crippen LogP contribution is 2.30. The lowest BCUT2D eigenvalue weighted by Crippen LogP contribution is -2.21. The normalized spacial score (nSPS) is 13.0. The van der Waals surface area contributed by atoms with Crippen LogP contribution in [-0.4, -0.2) is 17.0 Å². The van der Waals surface area contributed by atoms with E-state index in [1.165, 1.54) is 16.6 Å². The van der Waals surface area contributed by atoms with Gasteiger partial charge in [-0.15, -0.1) is 24.8 Å². The lowest BCUT2D eigenvalue weighted by atomic mass is 10.0. The predicted molar refractivity (Wildman–Crippen MR) is 116 cm³/mol. The minimum absolute atomic E-state index is 0. The van der Waals surface area contributed by atoms with E-state index in [2.05, 4.69) is 29.6 Å². The molecule has 144 valence electrons. The predicted octanol–water partition coefficient (Wildman–Crippen LogP) is 4.38. The highest BCUT2D eigenvalue weighted by atomic mass is 35.5. The van der Waals surface area contributed by atoms with Crippen molar-refractivity contribution in [3.63, 3.8) is 0 Å². The number of rotatable bonds is 5. The van der Waals surface area contributed by atoms with Crippen LogP contribution in [0.15, 0.2) is 48.5 Å². The average molecular weight is 406 g/mol. The van der Waals surface area contributed by atoms with Crippen LogP contribution in [0, 0.1) is 0 Å². The summed E-state index contributed by atoms with van der Waals surface area (Å²) in [5, 5.41) is 4.71. The Labute approximate surface area is 171 Å². The Hall–Kier alpha value is -2.01. The second-order valence-corrected chi connectivity index (χ2v) is 6.65. The number of nitrogen functional groups attached to an aromatic ring is 1. The molecule has 6 heteroatoms. The van der Waals surface area contributed by atoms with E-state index in [9.17, 15) is 4.79 Å². The van der Waals surface area contributed by atoms with Crippen molar-refractivity contribution in [2.45, 2.75) is 32.2 Å². The van der Waals surface area contributed by atoms with Gasteiger partial charge in [0.25, 0.3) is 0 Å². The Morgan fingerprint density at radius 3 is 2.56 bits per heavy atom. The molecule has 4 nitrogen and oxygen atoms in total. The molecule has 0 fully saturated rings. The Bertz CT molecular complexity index is 936. The summed E-state index contributed by atoms with van der Waals surface area (Å²) in [4.78, 5) is 12.4. The van der Waals surface area contributed by atoms with E-state index in [1.54, 1.807) is 0 Å². The summed E-state index contributed by atoms with van der Waals surface area (Å²) in [7, 11) is 0. The van der Waals surface area contributed by atoms with E-state index in [0.29, 0.717) is 6.42 Å². The molecule has 4 rings (SSSR count). The number of fused-ring (bicyclic) bond motifs is 3. The van der Waals surface area contributed by atoms with Gasteiger partial charge in [0.2, 0.25) is 5.91 Å². The minimum Gasteiger partial charge on any atom is -0.398 e. The molecule has 0 amide bonds. The van der Waals surface area contributed by atoms with E-state index in [4.69, 9.17) is 5.73 Å². The molecular formula is C21H25Cl2N3O. The van der Waals surface area contributed by atoms with Gasteiger partial charge in [-0.05, 0) is 49.1 Å². The topological polar surface area (TPSA) is 60.0 Å². The number of carbonyl (C=O) groups is 1. The maximum atomic E-state index is 12.4. The largest absolute Gasteiger partial charge is 0.398 e. The van der Waals surface area contributed by atoms with E-state index >= 15 is 0 Å². The molecule has 27 heavy (non-hydrogen) atoms. The third-order valence-corrected chi connectivity index (χ3v) is 5.06. The number of hydrogen-bond acceptors (Lipinski definition) is 3. The molecule has 1 aromatic heterocycles. The summed E-state index contributed by atoms with van der Waals surface area (Å²) < 4.78 is 1.95. The number of nitrogens with two attached hydrogens (primary N) is 1. The van der Waals surface area contributed by atoms with E-state index in [0.717, 1.165) is 49.1 Å². The van der Waals surface area contributed by atoms with Crippen molar-refractivity contribution < 1.29 is 4.79 Å².